The van der Waals surface area contributed by atoms with E-state index in [1.165, 1.54) is 31.4 Å². The molecule has 1 aliphatic carbocycles. The number of aliphatic carboxylic acids is 1. The molecule has 1 spiro atoms. The molecule has 1 N–H and O–H groups in total. The zero-order chi connectivity index (χ0) is 23.0. The second kappa shape index (κ2) is 8.71. The number of ether oxygens (including phenoxy) is 2. The Labute approximate surface area is 194 Å². The summed E-state index contributed by atoms with van der Waals surface area (Å²) < 4.78 is 11.8. The van der Waals surface area contributed by atoms with E-state index >= 15 is 0 Å². The van der Waals surface area contributed by atoms with E-state index in [9.17, 15) is 4.79 Å². The number of methoxy groups -OCH3 is 2. The Morgan fingerprint density at radius 2 is 1.70 bits per heavy atom. The quantitative estimate of drug-likeness (QED) is 0.494. The number of rotatable bonds is 8. The zero-order valence-electron chi connectivity index (χ0n) is 19.4. The summed E-state index contributed by atoms with van der Waals surface area (Å²) in [7, 11) is 3.42. The second-order valence-electron chi connectivity index (χ2n) is 9.55. The van der Waals surface area contributed by atoms with Gasteiger partial charge in [0.15, 0.2) is 0 Å². The average molecular weight is 446 g/mol. The lowest BCUT2D eigenvalue weighted by Crippen LogP contribution is -2.20. The lowest BCUT2D eigenvalue weighted by Gasteiger charge is -2.20. The molecule has 0 bridgehead atoms. The van der Waals surface area contributed by atoms with Crippen molar-refractivity contribution in [3.05, 3.63) is 59.7 Å². The third-order valence-corrected chi connectivity index (χ3v) is 7.34. The SMILES string of the molecule is COc1cc(CN2CCC3(CC3)C2)cc(OC)c1-c1cccc2c(CCC(=O)O)cccc12. The lowest BCUT2D eigenvalue weighted by atomic mass is 9.92. The number of carbonyl (C=O) groups is 1. The Morgan fingerprint density at radius 1 is 1.00 bits per heavy atom. The summed E-state index contributed by atoms with van der Waals surface area (Å²) in [4.78, 5) is 13.7. The monoisotopic (exact) mass is 445 g/mol. The molecule has 2 fully saturated rings. The van der Waals surface area contributed by atoms with Crippen molar-refractivity contribution in [3.63, 3.8) is 0 Å². The Morgan fingerprint density at radius 3 is 2.33 bits per heavy atom. The van der Waals surface area contributed by atoms with Gasteiger partial charge in [-0.25, -0.2) is 0 Å². The maximum absolute atomic E-state index is 11.1. The van der Waals surface area contributed by atoms with Crippen molar-refractivity contribution in [3.8, 4) is 22.6 Å². The lowest BCUT2D eigenvalue weighted by molar-refractivity contribution is -0.136. The number of carboxylic acids is 1. The predicted molar refractivity (Wildman–Crippen MR) is 130 cm³/mol. The molecule has 5 rings (SSSR count). The van der Waals surface area contributed by atoms with Crippen LogP contribution in [0.15, 0.2) is 48.5 Å². The molecule has 1 saturated carbocycles. The molecule has 2 aliphatic rings. The smallest absolute Gasteiger partial charge is 0.303 e. The Bertz CT molecular complexity index is 1170. The van der Waals surface area contributed by atoms with Crippen LogP contribution < -0.4 is 9.47 Å². The van der Waals surface area contributed by atoms with Crippen molar-refractivity contribution in [1.29, 1.82) is 0 Å². The molecule has 3 aromatic carbocycles. The van der Waals surface area contributed by atoms with E-state index < -0.39 is 5.97 Å². The van der Waals surface area contributed by atoms with Crippen LogP contribution in [0.5, 0.6) is 11.5 Å². The van der Waals surface area contributed by atoms with Gasteiger partial charge in [0, 0.05) is 19.5 Å². The van der Waals surface area contributed by atoms with E-state index in [1.807, 2.05) is 18.2 Å². The van der Waals surface area contributed by atoms with Gasteiger partial charge in [0.1, 0.15) is 11.5 Å². The Kier molecular flexibility index (Phi) is 5.75. The van der Waals surface area contributed by atoms with Crippen molar-refractivity contribution < 1.29 is 19.4 Å². The average Bonchev–Trinajstić information content (AvgIpc) is 3.47. The molecular weight excluding hydrogens is 414 g/mol. The topological polar surface area (TPSA) is 59.0 Å². The first kappa shape index (κ1) is 21.8. The van der Waals surface area contributed by atoms with Gasteiger partial charge in [-0.05, 0) is 77.2 Å². The van der Waals surface area contributed by atoms with Crippen LogP contribution >= 0.6 is 0 Å². The zero-order valence-corrected chi connectivity index (χ0v) is 19.4. The molecule has 3 aromatic rings. The van der Waals surface area contributed by atoms with Crippen LogP contribution in [0.3, 0.4) is 0 Å². The summed E-state index contributed by atoms with van der Waals surface area (Å²) >= 11 is 0. The molecule has 33 heavy (non-hydrogen) atoms. The van der Waals surface area contributed by atoms with Crippen molar-refractivity contribution >= 4 is 16.7 Å². The number of aryl methyl sites for hydroxylation is 1. The molecule has 0 atom stereocenters. The van der Waals surface area contributed by atoms with Crippen LogP contribution in [0.4, 0.5) is 0 Å². The molecule has 1 aliphatic heterocycles. The molecule has 0 unspecified atom stereocenters. The highest BCUT2D eigenvalue weighted by molar-refractivity contribution is 6.01. The van der Waals surface area contributed by atoms with E-state index in [2.05, 4.69) is 35.2 Å². The van der Waals surface area contributed by atoms with E-state index in [4.69, 9.17) is 14.6 Å². The van der Waals surface area contributed by atoms with Crippen molar-refractivity contribution in [2.75, 3.05) is 27.3 Å². The van der Waals surface area contributed by atoms with Gasteiger partial charge in [-0.15, -0.1) is 0 Å². The number of hydrogen-bond acceptors (Lipinski definition) is 4. The maximum atomic E-state index is 11.1. The molecule has 5 heteroatoms. The van der Waals surface area contributed by atoms with E-state index in [0.29, 0.717) is 11.8 Å². The number of nitrogens with zero attached hydrogens (tertiary/aromatic N) is 1. The third kappa shape index (κ3) is 4.30. The van der Waals surface area contributed by atoms with Gasteiger partial charge in [-0.3, -0.25) is 9.69 Å². The van der Waals surface area contributed by atoms with Crippen molar-refractivity contribution in [2.24, 2.45) is 5.41 Å². The van der Waals surface area contributed by atoms with Gasteiger partial charge in [0.25, 0.3) is 0 Å². The second-order valence-corrected chi connectivity index (χ2v) is 9.55. The molecule has 172 valence electrons. The Balaban J connectivity index is 1.54. The van der Waals surface area contributed by atoms with Gasteiger partial charge in [-0.1, -0.05) is 36.4 Å². The Hall–Kier alpha value is -3.05. The van der Waals surface area contributed by atoms with E-state index in [-0.39, 0.29) is 6.42 Å². The first-order valence-electron chi connectivity index (χ1n) is 11.7. The number of fused-ring (bicyclic) bond motifs is 1. The molecule has 5 nitrogen and oxygen atoms in total. The summed E-state index contributed by atoms with van der Waals surface area (Å²) in [5.41, 5.74) is 4.81. The minimum atomic E-state index is -0.785. The molecular formula is C28H31NO4. The fourth-order valence-electron chi connectivity index (χ4n) is 5.38. The number of likely N-dealkylation sites (tertiary alicyclic amines) is 1. The summed E-state index contributed by atoms with van der Waals surface area (Å²) in [6.45, 7) is 3.26. The highest BCUT2D eigenvalue weighted by Crippen LogP contribution is 2.53. The van der Waals surface area contributed by atoms with Crippen LogP contribution in [0.25, 0.3) is 21.9 Å². The molecule has 1 heterocycles. The van der Waals surface area contributed by atoms with Gasteiger partial charge in [0.05, 0.1) is 19.8 Å². The minimum Gasteiger partial charge on any atom is -0.496 e. The maximum Gasteiger partial charge on any atom is 0.303 e. The highest BCUT2D eigenvalue weighted by Gasteiger charge is 2.47. The molecule has 0 radical (unpaired) electrons. The van der Waals surface area contributed by atoms with E-state index in [1.54, 1.807) is 14.2 Å². The summed E-state index contributed by atoms with van der Waals surface area (Å²) in [6, 6.07) is 16.5. The number of benzene rings is 3. The molecule has 0 aromatic heterocycles. The van der Waals surface area contributed by atoms with Crippen LogP contribution in [0.1, 0.15) is 36.8 Å². The molecule has 1 saturated heterocycles. The third-order valence-electron chi connectivity index (χ3n) is 7.34. The normalized spacial score (nSPS) is 16.9. The first-order chi connectivity index (χ1) is 16.0. The van der Waals surface area contributed by atoms with E-state index in [0.717, 1.165) is 52.1 Å². The van der Waals surface area contributed by atoms with Crippen LogP contribution in [-0.2, 0) is 17.8 Å². The largest absolute Gasteiger partial charge is 0.496 e. The van der Waals surface area contributed by atoms with Gasteiger partial charge < -0.3 is 14.6 Å². The molecule has 0 amide bonds. The van der Waals surface area contributed by atoms with Gasteiger partial charge in [0.2, 0.25) is 0 Å². The number of carboxylic acid groups (broad SMARTS) is 1. The highest BCUT2D eigenvalue weighted by atomic mass is 16.5. The fourth-order valence-corrected chi connectivity index (χ4v) is 5.38. The van der Waals surface area contributed by atoms with Crippen LogP contribution in [-0.4, -0.2) is 43.3 Å². The van der Waals surface area contributed by atoms with Crippen LogP contribution in [0, 0.1) is 5.41 Å². The minimum absolute atomic E-state index is 0.114. The summed E-state index contributed by atoms with van der Waals surface area (Å²) in [6.07, 6.45) is 4.69. The number of hydrogen-bond donors (Lipinski definition) is 1. The summed E-state index contributed by atoms with van der Waals surface area (Å²) in [5, 5.41) is 11.3. The summed E-state index contributed by atoms with van der Waals surface area (Å²) in [5.74, 6) is 0.814. The van der Waals surface area contributed by atoms with Crippen molar-refractivity contribution in [1.82, 2.24) is 4.90 Å². The van der Waals surface area contributed by atoms with Crippen LogP contribution in [0.2, 0.25) is 0 Å². The van der Waals surface area contributed by atoms with Crippen molar-refractivity contribution in [2.45, 2.75) is 38.6 Å². The standard InChI is InChI=1S/C28H31NO4/c1-32-24-15-19(17-29-14-13-28(18-29)11-12-28)16-25(33-2)27(24)23-8-4-6-21-20(9-10-26(30)31)5-3-7-22(21)23/h3-8,15-16H,9-14,17-18H2,1-2H3,(H,30,31). The van der Waals surface area contributed by atoms with Gasteiger partial charge >= 0.3 is 5.97 Å². The van der Waals surface area contributed by atoms with Gasteiger partial charge in [-0.2, -0.15) is 0 Å². The first-order valence-corrected chi connectivity index (χ1v) is 11.7. The fraction of sp³-hybridized carbons (Fsp3) is 0.393. The predicted octanol–water partition coefficient (Wildman–Crippen LogP) is 5.53.